The molecule has 1 fully saturated rings. The van der Waals surface area contributed by atoms with Gasteiger partial charge in [0.2, 0.25) is 5.91 Å². The van der Waals surface area contributed by atoms with E-state index in [2.05, 4.69) is 17.5 Å². The summed E-state index contributed by atoms with van der Waals surface area (Å²) in [4.78, 5) is 12.0. The van der Waals surface area contributed by atoms with Gasteiger partial charge in [-0.1, -0.05) is 11.6 Å². The third-order valence-corrected chi connectivity index (χ3v) is 7.06. The average Bonchev–Trinajstić information content (AvgIpc) is 3.17. The number of carbonyl (C=O) groups excluding carboxylic acids is 1. The molecular weight excluding hydrogens is 364 g/mol. The average molecular weight is 381 g/mol. The lowest BCUT2D eigenvalue weighted by atomic mass is 10.2. The minimum Gasteiger partial charge on any atom is -0.455 e. The highest BCUT2D eigenvalue weighted by molar-refractivity contribution is 8.21. The summed E-state index contributed by atoms with van der Waals surface area (Å²) in [7, 11) is 0. The summed E-state index contributed by atoms with van der Waals surface area (Å²) in [5, 5.41) is 4.66. The Labute approximate surface area is 154 Å². The van der Waals surface area contributed by atoms with Crippen LogP contribution in [0.4, 0.5) is 0 Å². The lowest BCUT2D eigenvalue weighted by molar-refractivity contribution is -0.121. The molecule has 0 unspecified atom stereocenters. The highest BCUT2D eigenvalue weighted by atomic mass is 35.5. The molecule has 1 aliphatic rings. The number of nitrogens with one attached hydrogen (secondary N) is 1. The third-order valence-electron chi connectivity index (χ3n) is 3.52. The van der Waals surface area contributed by atoms with Crippen LogP contribution in [0, 0.1) is 0 Å². The van der Waals surface area contributed by atoms with E-state index in [1.807, 2.05) is 59.9 Å². The molecule has 0 radical (unpaired) electrons. The van der Waals surface area contributed by atoms with Crippen LogP contribution in [-0.2, 0) is 4.79 Å². The summed E-state index contributed by atoms with van der Waals surface area (Å²) >= 11 is 9.53. The highest BCUT2D eigenvalue weighted by Crippen LogP contribution is 2.45. The van der Waals surface area contributed by atoms with Crippen molar-refractivity contribution in [2.45, 2.75) is 17.4 Å². The maximum absolute atomic E-state index is 12.0. The topological polar surface area (TPSA) is 54.6 Å². The molecule has 1 saturated heterocycles. The molecule has 2 aromatic rings. The van der Waals surface area contributed by atoms with Crippen LogP contribution >= 0.6 is 35.1 Å². The fraction of sp³-hybridized carbons (Fsp3) is 0.294. The number of halogens is 1. The Balaban J connectivity index is 1.55. The minimum atomic E-state index is -0.0832. The number of furan rings is 1. The first-order valence-electron chi connectivity index (χ1n) is 7.50. The largest absolute Gasteiger partial charge is 0.455 e. The molecule has 0 bridgehead atoms. The fourth-order valence-electron chi connectivity index (χ4n) is 2.35. The predicted octanol–water partition coefficient (Wildman–Crippen LogP) is 4.64. The van der Waals surface area contributed by atoms with Gasteiger partial charge in [0, 0.05) is 22.1 Å². The number of thioether (sulfide) groups is 2. The summed E-state index contributed by atoms with van der Waals surface area (Å²) in [5.74, 6) is 3.41. The smallest absolute Gasteiger partial charge is 0.242 e. The lowest BCUT2D eigenvalue weighted by Gasteiger charge is -2.19. The number of benzene rings is 1. The molecule has 0 atom stereocenters. The maximum Gasteiger partial charge on any atom is 0.242 e. The van der Waals surface area contributed by atoms with E-state index in [9.17, 15) is 4.79 Å². The van der Waals surface area contributed by atoms with Crippen LogP contribution in [0.3, 0.4) is 0 Å². The summed E-state index contributed by atoms with van der Waals surface area (Å²) in [6, 6.07) is 11.1. The second kappa shape index (κ2) is 7.68. The van der Waals surface area contributed by atoms with Crippen LogP contribution < -0.4 is 5.43 Å². The van der Waals surface area contributed by atoms with Crippen molar-refractivity contribution < 1.29 is 9.21 Å². The number of rotatable bonds is 5. The van der Waals surface area contributed by atoms with Crippen molar-refractivity contribution in [2.75, 3.05) is 11.5 Å². The number of hydrogen-bond donors (Lipinski definition) is 1. The molecule has 7 heteroatoms. The van der Waals surface area contributed by atoms with Crippen LogP contribution in [0.25, 0.3) is 11.3 Å². The van der Waals surface area contributed by atoms with Gasteiger partial charge < -0.3 is 4.42 Å². The van der Waals surface area contributed by atoms with Gasteiger partial charge in [-0.15, -0.1) is 23.5 Å². The zero-order valence-electron chi connectivity index (χ0n) is 13.1. The van der Waals surface area contributed by atoms with Gasteiger partial charge in [-0.05, 0) is 43.3 Å². The van der Waals surface area contributed by atoms with Gasteiger partial charge in [-0.3, -0.25) is 4.79 Å². The molecule has 1 amide bonds. The normalized spacial score (nSPS) is 16.6. The lowest BCUT2D eigenvalue weighted by Crippen LogP contribution is -2.26. The van der Waals surface area contributed by atoms with E-state index >= 15 is 0 Å². The molecule has 1 aliphatic heterocycles. The Morgan fingerprint density at radius 1 is 1.29 bits per heavy atom. The highest BCUT2D eigenvalue weighted by Gasteiger charge is 2.32. The van der Waals surface area contributed by atoms with E-state index in [1.165, 1.54) is 6.21 Å². The van der Waals surface area contributed by atoms with Crippen LogP contribution in [0.2, 0.25) is 5.02 Å². The van der Waals surface area contributed by atoms with Gasteiger partial charge in [-0.25, -0.2) is 5.43 Å². The molecule has 0 saturated carbocycles. The molecule has 0 spiro atoms. The molecule has 0 aliphatic carbocycles. The first kappa shape index (κ1) is 17.5. The zero-order chi connectivity index (χ0) is 17.0. The molecule has 1 N–H and O–H groups in total. The Morgan fingerprint density at radius 3 is 2.71 bits per heavy atom. The summed E-state index contributed by atoms with van der Waals surface area (Å²) in [5.41, 5.74) is 3.50. The fourth-order valence-corrected chi connectivity index (χ4v) is 5.31. The van der Waals surface area contributed by atoms with Crippen molar-refractivity contribution >= 4 is 47.2 Å². The standard InChI is InChI=1S/C17H17ClN2O2S2/c1-17(23-8-9-24-17)10-16(21)20-19-11-14-6-7-15(22-14)12-2-4-13(18)5-3-12/h2-7,11H,8-10H2,1H3,(H,20,21)/b19-11-. The van der Waals surface area contributed by atoms with Crippen molar-refractivity contribution in [3.8, 4) is 11.3 Å². The predicted molar refractivity (Wildman–Crippen MR) is 103 cm³/mol. The van der Waals surface area contributed by atoms with Gasteiger partial charge in [0.05, 0.1) is 16.7 Å². The van der Waals surface area contributed by atoms with Gasteiger partial charge >= 0.3 is 0 Å². The molecule has 126 valence electrons. The van der Waals surface area contributed by atoms with Crippen LogP contribution in [0.5, 0.6) is 0 Å². The third kappa shape index (κ3) is 4.59. The van der Waals surface area contributed by atoms with Crippen molar-refractivity contribution in [3.63, 3.8) is 0 Å². The van der Waals surface area contributed by atoms with Crippen LogP contribution in [-0.4, -0.2) is 27.7 Å². The molecule has 2 heterocycles. The van der Waals surface area contributed by atoms with Crippen LogP contribution in [0.15, 0.2) is 45.9 Å². The summed E-state index contributed by atoms with van der Waals surface area (Å²) in [6.07, 6.45) is 1.96. The van der Waals surface area contributed by atoms with Crippen molar-refractivity contribution in [1.29, 1.82) is 0 Å². The van der Waals surface area contributed by atoms with E-state index in [1.54, 1.807) is 0 Å². The van der Waals surface area contributed by atoms with E-state index in [0.29, 0.717) is 17.2 Å². The Morgan fingerprint density at radius 2 is 2.00 bits per heavy atom. The van der Waals surface area contributed by atoms with E-state index in [0.717, 1.165) is 22.8 Å². The summed E-state index contributed by atoms with van der Waals surface area (Å²) in [6.45, 7) is 2.10. The summed E-state index contributed by atoms with van der Waals surface area (Å²) < 4.78 is 5.66. The van der Waals surface area contributed by atoms with Crippen LogP contribution in [0.1, 0.15) is 19.1 Å². The SMILES string of the molecule is CC1(CC(=O)N/N=C\c2ccc(-c3ccc(Cl)cc3)o2)SCCS1. The Hall–Kier alpha value is -1.37. The second-order valence-electron chi connectivity index (χ2n) is 5.51. The molecule has 24 heavy (non-hydrogen) atoms. The molecule has 1 aromatic heterocycles. The minimum absolute atomic E-state index is 0.0357. The van der Waals surface area contributed by atoms with E-state index in [-0.39, 0.29) is 9.99 Å². The van der Waals surface area contributed by atoms with Gasteiger partial charge in [-0.2, -0.15) is 5.10 Å². The Bertz CT molecular complexity index is 737. The van der Waals surface area contributed by atoms with Crippen molar-refractivity contribution in [1.82, 2.24) is 5.43 Å². The number of nitrogens with zero attached hydrogens (tertiary/aromatic N) is 1. The maximum atomic E-state index is 12.0. The van der Waals surface area contributed by atoms with Gasteiger partial charge in [0.1, 0.15) is 11.5 Å². The number of amides is 1. The van der Waals surface area contributed by atoms with Crippen molar-refractivity contribution in [2.24, 2.45) is 5.10 Å². The molecule has 1 aromatic carbocycles. The zero-order valence-corrected chi connectivity index (χ0v) is 15.5. The van der Waals surface area contributed by atoms with Gasteiger partial charge in [0.15, 0.2) is 0 Å². The Kier molecular flexibility index (Phi) is 5.58. The van der Waals surface area contributed by atoms with Crippen molar-refractivity contribution in [3.05, 3.63) is 47.2 Å². The van der Waals surface area contributed by atoms with E-state index in [4.69, 9.17) is 16.0 Å². The number of hydrazone groups is 1. The molecule has 4 nitrogen and oxygen atoms in total. The first-order chi connectivity index (χ1) is 11.5. The van der Waals surface area contributed by atoms with Gasteiger partial charge in [0.25, 0.3) is 0 Å². The second-order valence-corrected chi connectivity index (χ2v) is 9.40. The molecule has 3 rings (SSSR count). The monoisotopic (exact) mass is 380 g/mol. The quantitative estimate of drug-likeness (QED) is 0.606. The molecular formula is C17H17ClN2O2S2. The number of carbonyl (C=O) groups is 1. The number of hydrogen-bond acceptors (Lipinski definition) is 5. The first-order valence-corrected chi connectivity index (χ1v) is 9.85. The van der Waals surface area contributed by atoms with E-state index < -0.39 is 0 Å².